The molecule has 0 atom stereocenters. The standard InChI is InChI=1S/C20H26NS.C3H7.Sn/c1-19(2,3)14-12-16(20(4,5)6)18(22)17(13-14)21-15-10-8-7-9-11-15;1-3-2;/h7-10,12-13,21-22H,1-6H3;1,3H2,2H3;. The van der Waals surface area contributed by atoms with Crippen LogP contribution in [0.3, 0.4) is 0 Å². The van der Waals surface area contributed by atoms with E-state index in [1.165, 1.54) is 27.7 Å². The average Bonchev–Trinajstić information content (AvgIpc) is 2.53. The Kier molecular flexibility index (Phi) is 7.17. The molecule has 0 spiro atoms. The Balaban J connectivity index is 2.53. The van der Waals surface area contributed by atoms with Gasteiger partial charge in [-0.2, -0.15) is 0 Å². The fourth-order valence-corrected chi connectivity index (χ4v) is 6.46. The van der Waals surface area contributed by atoms with E-state index >= 15 is 0 Å². The van der Waals surface area contributed by atoms with Crippen LogP contribution in [0.25, 0.3) is 0 Å². The van der Waals surface area contributed by atoms with E-state index in [-0.39, 0.29) is 10.8 Å². The molecular formula is C23H33NSSn. The van der Waals surface area contributed by atoms with Crippen LogP contribution in [-0.4, -0.2) is 21.1 Å². The number of rotatable bonds is 5. The molecule has 0 amide bonds. The zero-order valence-electron chi connectivity index (χ0n) is 17.3. The summed E-state index contributed by atoms with van der Waals surface area (Å²) >= 11 is 4.41. The maximum absolute atomic E-state index is 4.93. The molecule has 26 heavy (non-hydrogen) atoms. The zero-order valence-corrected chi connectivity index (χ0v) is 21.1. The summed E-state index contributed by atoms with van der Waals surface area (Å²) < 4.78 is 2.93. The molecule has 0 fully saturated rings. The second kappa shape index (κ2) is 8.60. The molecule has 0 heterocycles. The zero-order chi connectivity index (χ0) is 19.5. The van der Waals surface area contributed by atoms with Crippen molar-refractivity contribution in [1.82, 2.24) is 0 Å². The first-order chi connectivity index (χ1) is 12.0. The van der Waals surface area contributed by atoms with Gasteiger partial charge in [-0.15, -0.1) is 0 Å². The Bertz CT molecular complexity index is 754. The van der Waals surface area contributed by atoms with E-state index in [1.54, 1.807) is 3.58 Å². The van der Waals surface area contributed by atoms with Crippen LogP contribution in [0.2, 0.25) is 4.44 Å². The average molecular weight is 474 g/mol. The molecule has 0 saturated heterocycles. The summed E-state index contributed by atoms with van der Waals surface area (Å²) in [6.45, 7) is 15.9. The van der Waals surface area contributed by atoms with Crippen LogP contribution in [0.15, 0.2) is 41.3 Å². The SMILES string of the molecule is CC[CH2][Sn][c]1ccccc1Nc1cc(C(C)(C)C)cc(C(C)(C)C)c1S. The van der Waals surface area contributed by atoms with Gasteiger partial charge in [0, 0.05) is 0 Å². The molecule has 0 bridgehead atoms. The minimum absolute atomic E-state index is 0.0627. The van der Waals surface area contributed by atoms with E-state index in [0.29, 0.717) is 0 Å². The Hall–Kier alpha value is -0.611. The van der Waals surface area contributed by atoms with E-state index in [2.05, 4.69) is 90.2 Å². The van der Waals surface area contributed by atoms with Crippen LogP contribution in [0, 0.1) is 0 Å². The predicted molar refractivity (Wildman–Crippen MR) is 121 cm³/mol. The second-order valence-corrected chi connectivity index (χ2v) is 13.4. The van der Waals surface area contributed by atoms with E-state index in [4.69, 9.17) is 12.6 Å². The molecule has 3 heteroatoms. The van der Waals surface area contributed by atoms with E-state index < -0.39 is 21.1 Å². The van der Waals surface area contributed by atoms with Crippen LogP contribution in [0.4, 0.5) is 11.4 Å². The molecule has 0 unspecified atom stereocenters. The summed E-state index contributed by atoms with van der Waals surface area (Å²) in [5.41, 5.74) is 5.24. The van der Waals surface area contributed by atoms with Crippen LogP contribution in [-0.2, 0) is 10.8 Å². The number of para-hydroxylation sites is 1. The fraction of sp³-hybridized carbons (Fsp3) is 0.478. The first kappa shape index (κ1) is 21.7. The molecule has 2 aromatic rings. The van der Waals surface area contributed by atoms with Crippen molar-refractivity contribution in [2.24, 2.45) is 0 Å². The van der Waals surface area contributed by atoms with Gasteiger partial charge in [0.05, 0.1) is 0 Å². The van der Waals surface area contributed by atoms with Crippen molar-refractivity contribution < 1.29 is 0 Å². The van der Waals surface area contributed by atoms with Crippen LogP contribution < -0.4 is 8.90 Å². The third-order valence-electron chi connectivity index (χ3n) is 4.55. The maximum atomic E-state index is 4.93. The molecule has 0 aliphatic heterocycles. The number of nitrogens with one attached hydrogen (secondary N) is 1. The van der Waals surface area contributed by atoms with Gasteiger partial charge in [-0.25, -0.2) is 0 Å². The molecule has 0 aliphatic carbocycles. The van der Waals surface area contributed by atoms with Gasteiger partial charge < -0.3 is 0 Å². The third-order valence-corrected chi connectivity index (χ3v) is 9.50. The molecule has 1 nitrogen and oxygen atoms in total. The normalized spacial score (nSPS) is 12.3. The Morgan fingerprint density at radius 2 is 1.58 bits per heavy atom. The van der Waals surface area contributed by atoms with E-state index in [1.807, 2.05) is 0 Å². The topological polar surface area (TPSA) is 12.0 Å². The predicted octanol–water partition coefficient (Wildman–Crippen LogP) is 6.47. The molecule has 1 N–H and O–H groups in total. The Morgan fingerprint density at radius 1 is 0.923 bits per heavy atom. The first-order valence-corrected chi connectivity index (χ1v) is 13.4. The molecule has 2 rings (SSSR count). The molecule has 2 radical (unpaired) electrons. The molecule has 2 aromatic carbocycles. The molecule has 0 aliphatic rings. The van der Waals surface area contributed by atoms with Gasteiger partial charge in [0.1, 0.15) is 0 Å². The van der Waals surface area contributed by atoms with Crippen LogP contribution >= 0.6 is 12.6 Å². The number of benzene rings is 2. The van der Waals surface area contributed by atoms with Crippen molar-refractivity contribution in [1.29, 1.82) is 0 Å². The first-order valence-electron chi connectivity index (χ1n) is 9.52. The summed E-state index contributed by atoms with van der Waals surface area (Å²) in [5.74, 6) is 0. The number of thiol groups is 1. The third kappa shape index (κ3) is 5.45. The van der Waals surface area contributed by atoms with E-state index in [9.17, 15) is 0 Å². The molecule has 0 aromatic heterocycles. The molecule has 140 valence electrons. The Labute approximate surface area is 176 Å². The van der Waals surface area contributed by atoms with Gasteiger partial charge in [0.25, 0.3) is 0 Å². The van der Waals surface area contributed by atoms with Crippen LogP contribution in [0.1, 0.15) is 66.0 Å². The molecular weight excluding hydrogens is 441 g/mol. The number of anilines is 2. The Morgan fingerprint density at radius 3 is 2.15 bits per heavy atom. The van der Waals surface area contributed by atoms with Crippen molar-refractivity contribution >= 4 is 48.7 Å². The van der Waals surface area contributed by atoms with Gasteiger partial charge in [-0.05, 0) is 0 Å². The van der Waals surface area contributed by atoms with Crippen molar-refractivity contribution in [2.75, 3.05) is 5.32 Å². The van der Waals surface area contributed by atoms with Gasteiger partial charge >= 0.3 is 177 Å². The van der Waals surface area contributed by atoms with Crippen molar-refractivity contribution in [2.45, 2.75) is 75.0 Å². The monoisotopic (exact) mass is 475 g/mol. The summed E-state index contributed by atoms with van der Waals surface area (Å²) in [4.78, 5) is 1.07. The fourth-order valence-electron chi connectivity index (χ4n) is 2.89. The summed E-state index contributed by atoms with van der Waals surface area (Å²) in [5, 5.41) is 3.74. The van der Waals surface area contributed by atoms with Gasteiger partial charge in [0.15, 0.2) is 0 Å². The summed E-state index contributed by atoms with van der Waals surface area (Å²) in [6, 6.07) is 13.5. The summed E-state index contributed by atoms with van der Waals surface area (Å²) in [6.07, 6.45) is 1.28. The van der Waals surface area contributed by atoms with Crippen molar-refractivity contribution in [3.05, 3.63) is 47.5 Å². The summed E-state index contributed by atoms with van der Waals surface area (Å²) in [7, 11) is 0. The second-order valence-electron chi connectivity index (χ2n) is 9.02. The van der Waals surface area contributed by atoms with Gasteiger partial charge in [-0.1, -0.05) is 0 Å². The van der Waals surface area contributed by atoms with Crippen molar-refractivity contribution in [3.63, 3.8) is 0 Å². The van der Waals surface area contributed by atoms with E-state index in [0.717, 1.165) is 10.6 Å². The minimum atomic E-state index is -0.529. The number of hydrogen-bond donors (Lipinski definition) is 2. The quantitative estimate of drug-likeness (QED) is 0.374. The molecule has 0 saturated carbocycles. The van der Waals surface area contributed by atoms with Crippen molar-refractivity contribution in [3.8, 4) is 0 Å². The van der Waals surface area contributed by atoms with Gasteiger partial charge in [0.2, 0.25) is 0 Å². The van der Waals surface area contributed by atoms with Gasteiger partial charge in [-0.3, -0.25) is 0 Å². The van der Waals surface area contributed by atoms with Crippen LogP contribution in [0.5, 0.6) is 0 Å². The number of hydrogen-bond acceptors (Lipinski definition) is 2.